The lowest BCUT2D eigenvalue weighted by Crippen LogP contribution is -2.07. The first-order valence-corrected chi connectivity index (χ1v) is 10.2. The van der Waals surface area contributed by atoms with Gasteiger partial charge in [0.05, 0.1) is 11.4 Å². The highest BCUT2D eigenvalue weighted by atomic mass is 79.9. The molecular weight excluding hydrogens is 480 g/mol. The molecule has 0 bridgehead atoms. The quantitative estimate of drug-likeness (QED) is 0.302. The molecule has 0 N–H and O–H groups in total. The number of benzene rings is 2. The van der Waals surface area contributed by atoms with E-state index >= 15 is 0 Å². The van der Waals surface area contributed by atoms with Crippen LogP contribution >= 0.6 is 31.9 Å². The summed E-state index contributed by atoms with van der Waals surface area (Å²) in [5, 5.41) is 0. The van der Waals surface area contributed by atoms with Crippen LogP contribution in [-0.2, 0) is 0 Å². The number of hydrogen-bond acceptors (Lipinski definition) is 3. The molecule has 0 aliphatic rings. The molecule has 0 fully saturated rings. The molecule has 0 saturated heterocycles. The number of pyridine rings is 2. The molecule has 4 rings (SSSR count). The third kappa shape index (κ3) is 3.81. The van der Waals surface area contributed by atoms with E-state index in [0.717, 1.165) is 20.1 Å². The average Bonchev–Trinajstić information content (AvgIpc) is 2.73. The largest absolute Gasteiger partial charge is 0.288 e. The van der Waals surface area contributed by atoms with Crippen molar-refractivity contribution in [1.29, 1.82) is 0 Å². The maximum atomic E-state index is 13.5. The summed E-state index contributed by atoms with van der Waals surface area (Å²) in [5.41, 5.74) is 4.16. The van der Waals surface area contributed by atoms with Crippen LogP contribution in [0.4, 0.5) is 0 Å². The molecule has 2 aromatic heterocycles. The molecule has 0 aliphatic carbocycles. The van der Waals surface area contributed by atoms with Crippen LogP contribution in [0.5, 0.6) is 0 Å². The Morgan fingerprint density at radius 2 is 1.11 bits per heavy atom. The number of halogens is 2. The van der Waals surface area contributed by atoms with Crippen LogP contribution in [0.25, 0.3) is 22.5 Å². The summed E-state index contributed by atoms with van der Waals surface area (Å²) in [6.45, 7) is 0. The van der Waals surface area contributed by atoms with Gasteiger partial charge in [-0.1, -0.05) is 56.1 Å². The van der Waals surface area contributed by atoms with Gasteiger partial charge in [-0.2, -0.15) is 0 Å². The Morgan fingerprint density at radius 1 is 0.643 bits per heavy atom. The maximum absolute atomic E-state index is 13.5. The van der Waals surface area contributed by atoms with E-state index in [4.69, 9.17) is 0 Å². The minimum atomic E-state index is -0.105. The highest BCUT2D eigenvalue weighted by Crippen LogP contribution is 2.30. The molecule has 4 aromatic rings. The molecule has 0 aliphatic heterocycles. The van der Waals surface area contributed by atoms with Crippen molar-refractivity contribution in [2.75, 3.05) is 0 Å². The fourth-order valence-corrected chi connectivity index (χ4v) is 3.85. The minimum Gasteiger partial charge on any atom is -0.288 e. The summed E-state index contributed by atoms with van der Waals surface area (Å²) in [6, 6.07) is 22.7. The van der Waals surface area contributed by atoms with Crippen LogP contribution in [0, 0.1) is 0 Å². The van der Waals surface area contributed by atoms with E-state index in [0.29, 0.717) is 22.5 Å². The lowest BCUT2D eigenvalue weighted by Gasteiger charge is -2.11. The highest BCUT2D eigenvalue weighted by molar-refractivity contribution is 9.10. The van der Waals surface area contributed by atoms with E-state index in [9.17, 15) is 4.79 Å². The third-order valence-electron chi connectivity index (χ3n) is 4.30. The van der Waals surface area contributed by atoms with Gasteiger partial charge in [-0.05, 0) is 48.5 Å². The zero-order chi connectivity index (χ0) is 19.5. The molecule has 0 spiro atoms. The Hall–Kier alpha value is -2.63. The lowest BCUT2D eigenvalue weighted by molar-refractivity contribution is 0.103. The summed E-state index contributed by atoms with van der Waals surface area (Å²) in [4.78, 5) is 22.5. The molecule has 2 heterocycles. The molecule has 2 aromatic carbocycles. The number of rotatable bonds is 4. The minimum absolute atomic E-state index is 0.105. The molecule has 3 nitrogen and oxygen atoms in total. The topological polar surface area (TPSA) is 42.9 Å². The number of carbonyl (C=O) groups excluding carboxylic acids is 1. The molecule has 5 heteroatoms. The SMILES string of the molecule is O=C(c1cccnc1-c1cccc(Br)c1)c1cccnc1-c1cccc(Br)c1. The Kier molecular flexibility index (Phi) is 5.46. The maximum Gasteiger partial charge on any atom is 0.197 e. The van der Waals surface area contributed by atoms with Gasteiger partial charge in [0.25, 0.3) is 0 Å². The first kappa shape index (κ1) is 18.7. The summed E-state index contributed by atoms with van der Waals surface area (Å²) in [6.07, 6.45) is 3.40. The molecule has 0 amide bonds. The molecule has 0 unspecified atom stereocenters. The zero-order valence-corrected chi connectivity index (χ0v) is 17.8. The molecule has 0 saturated carbocycles. The van der Waals surface area contributed by atoms with Crippen molar-refractivity contribution in [3.05, 3.63) is 105 Å². The third-order valence-corrected chi connectivity index (χ3v) is 5.29. The van der Waals surface area contributed by atoms with E-state index in [1.807, 2.05) is 60.7 Å². The van der Waals surface area contributed by atoms with Crippen LogP contribution in [0.1, 0.15) is 15.9 Å². The number of aromatic nitrogens is 2. The van der Waals surface area contributed by atoms with Crippen LogP contribution < -0.4 is 0 Å². The van der Waals surface area contributed by atoms with Crippen LogP contribution in [0.3, 0.4) is 0 Å². The Labute approximate surface area is 179 Å². The van der Waals surface area contributed by atoms with Crippen molar-refractivity contribution in [1.82, 2.24) is 9.97 Å². The standard InChI is InChI=1S/C23H14Br2N2O/c24-17-7-1-5-15(13-17)21-19(9-3-11-26-21)23(28)20-10-4-12-27-22(20)16-6-2-8-18(25)14-16/h1-14H. The molecule has 0 radical (unpaired) electrons. The summed E-state index contributed by atoms with van der Waals surface area (Å²) in [5.74, 6) is -0.105. The monoisotopic (exact) mass is 492 g/mol. The number of ketones is 1. The van der Waals surface area contributed by atoms with Crippen molar-refractivity contribution in [2.24, 2.45) is 0 Å². The first-order chi connectivity index (χ1) is 13.6. The Morgan fingerprint density at radius 3 is 1.54 bits per heavy atom. The Bertz CT molecular complexity index is 1080. The van der Waals surface area contributed by atoms with Crippen molar-refractivity contribution in [3.8, 4) is 22.5 Å². The van der Waals surface area contributed by atoms with Crippen LogP contribution in [-0.4, -0.2) is 15.8 Å². The van der Waals surface area contributed by atoms with Gasteiger partial charge < -0.3 is 0 Å². The fourth-order valence-electron chi connectivity index (χ4n) is 3.05. The van der Waals surface area contributed by atoms with E-state index < -0.39 is 0 Å². The molecule has 0 atom stereocenters. The van der Waals surface area contributed by atoms with Crippen LogP contribution in [0.2, 0.25) is 0 Å². The van der Waals surface area contributed by atoms with Gasteiger partial charge in [-0.15, -0.1) is 0 Å². The smallest absolute Gasteiger partial charge is 0.197 e. The molecular formula is C23H14Br2N2O. The zero-order valence-electron chi connectivity index (χ0n) is 14.6. The van der Waals surface area contributed by atoms with E-state index in [-0.39, 0.29) is 5.78 Å². The van der Waals surface area contributed by atoms with Gasteiger partial charge in [0, 0.05) is 43.6 Å². The number of hydrogen-bond donors (Lipinski definition) is 0. The van der Waals surface area contributed by atoms with Gasteiger partial charge in [0.1, 0.15) is 0 Å². The van der Waals surface area contributed by atoms with Crippen molar-refractivity contribution >= 4 is 37.6 Å². The predicted molar refractivity (Wildman–Crippen MR) is 118 cm³/mol. The van der Waals surface area contributed by atoms with Crippen molar-refractivity contribution in [2.45, 2.75) is 0 Å². The first-order valence-electron chi connectivity index (χ1n) is 8.60. The van der Waals surface area contributed by atoms with E-state index in [1.165, 1.54) is 0 Å². The van der Waals surface area contributed by atoms with E-state index in [2.05, 4.69) is 41.8 Å². The van der Waals surface area contributed by atoms with Crippen molar-refractivity contribution in [3.63, 3.8) is 0 Å². The number of carbonyl (C=O) groups is 1. The second-order valence-corrected chi connectivity index (χ2v) is 7.98. The normalized spacial score (nSPS) is 10.6. The predicted octanol–water partition coefficient (Wildman–Crippen LogP) is 6.57. The Balaban J connectivity index is 1.85. The summed E-state index contributed by atoms with van der Waals surface area (Å²) >= 11 is 6.98. The van der Waals surface area contributed by atoms with Crippen LogP contribution in [0.15, 0.2) is 94.1 Å². The van der Waals surface area contributed by atoms with Crippen molar-refractivity contribution < 1.29 is 4.79 Å². The summed E-state index contributed by atoms with van der Waals surface area (Å²) < 4.78 is 1.87. The molecule has 136 valence electrons. The average molecular weight is 494 g/mol. The van der Waals surface area contributed by atoms with Gasteiger partial charge in [-0.25, -0.2) is 0 Å². The van der Waals surface area contributed by atoms with Gasteiger partial charge in [-0.3, -0.25) is 14.8 Å². The highest BCUT2D eigenvalue weighted by Gasteiger charge is 2.20. The molecule has 28 heavy (non-hydrogen) atoms. The summed E-state index contributed by atoms with van der Waals surface area (Å²) in [7, 11) is 0. The van der Waals surface area contributed by atoms with Gasteiger partial charge in [0.2, 0.25) is 0 Å². The second kappa shape index (κ2) is 8.17. The fraction of sp³-hybridized carbons (Fsp3) is 0. The van der Waals surface area contributed by atoms with E-state index in [1.54, 1.807) is 24.5 Å². The number of nitrogens with zero attached hydrogens (tertiary/aromatic N) is 2. The lowest BCUT2D eigenvalue weighted by atomic mass is 9.95. The van der Waals surface area contributed by atoms with Gasteiger partial charge in [0.15, 0.2) is 5.78 Å². The second-order valence-electron chi connectivity index (χ2n) is 6.15. The van der Waals surface area contributed by atoms with Gasteiger partial charge >= 0.3 is 0 Å².